The molecule has 0 saturated carbocycles. The minimum absolute atomic E-state index is 0.115. The number of aromatic nitrogens is 1. The Balaban J connectivity index is 1.40. The summed E-state index contributed by atoms with van der Waals surface area (Å²) in [6, 6.07) is 10.1. The van der Waals surface area contributed by atoms with Crippen molar-refractivity contribution in [1.82, 2.24) is 9.88 Å². The Morgan fingerprint density at radius 2 is 1.85 bits per heavy atom. The van der Waals surface area contributed by atoms with Crippen molar-refractivity contribution >= 4 is 28.9 Å². The summed E-state index contributed by atoms with van der Waals surface area (Å²) >= 11 is 6.26. The van der Waals surface area contributed by atoms with Gasteiger partial charge in [0.25, 0.3) is 0 Å². The van der Waals surface area contributed by atoms with Crippen LogP contribution in [0.1, 0.15) is 12.5 Å². The van der Waals surface area contributed by atoms with Crippen molar-refractivity contribution in [2.24, 2.45) is 0 Å². The van der Waals surface area contributed by atoms with Gasteiger partial charge < -0.3 is 9.80 Å². The molecule has 1 fully saturated rings. The summed E-state index contributed by atoms with van der Waals surface area (Å²) < 4.78 is 0. The predicted octanol–water partition coefficient (Wildman–Crippen LogP) is 2.83. The van der Waals surface area contributed by atoms with E-state index in [0.717, 1.165) is 50.5 Å². The van der Waals surface area contributed by atoms with Gasteiger partial charge in [0.1, 0.15) is 0 Å². The van der Waals surface area contributed by atoms with Crippen molar-refractivity contribution in [3.05, 3.63) is 53.3 Å². The Bertz CT molecular complexity index is 804. The molecule has 26 heavy (non-hydrogen) atoms. The van der Waals surface area contributed by atoms with Crippen LogP contribution in [-0.2, 0) is 11.2 Å². The van der Waals surface area contributed by atoms with E-state index in [1.807, 2.05) is 30.0 Å². The van der Waals surface area contributed by atoms with Gasteiger partial charge in [0.2, 0.25) is 5.91 Å². The Hall–Kier alpha value is -2.11. The van der Waals surface area contributed by atoms with Crippen LogP contribution in [0.25, 0.3) is 0 Å². The van der Waals surface area contributed by atoms with Crippen molar-refractivity contribution in [1.29, 1.82) is 0 Å². The van der Waals surface area contributed by atoms with Gasteiger partial charge in [-0.05, 0) is 31.0 Å². The number of halogens is 1. The van der Waals surface area contributed by atoms with Gasteiger partial charge in [-0.3, -0.25) is 14.7 Å². The molecule has 0 N–H and O–H groups in total. The number of piperazine rings is 1. The van der Waals surface area contributed by atoms with Gasteiger partial charge in [0.15, 0.2) is 0 Å². The van der Waals surface area contributed by atoms with Gasteiger partial charge >= 0.3 is 0 Å². The average Bonchev–Trinajstić information content (AvgIpc) is 3.11. The molecule has 2 aliphatic rings. The summed E-state index contributed by atoms with van der Waals surface area (Å²) in [5, 5.41) is 0.679. The number of hydrogen-bond donors (Lipinski definition) is 0. The Labute approximate surface area is 159 Å². The summed E-state index contributed by atoms with van der Waals surface area (Å²) in [6.07, 6.45) is 4.40. The van der Waals surface area contributed by atoms with Crippen LogP contribution < -0.4 is 9.80 Å². The van der Waals surface area contributed by atoms with E-state index in [1.165, 1.54) is 5.56 Å². The van der Waals surface area contributed by atoms with Crippen LogP contribution in [0.15, 0.2) is 42.7 Å². The third kappa shape index (κ3) is 3.17. The number of hydrogen-bond acceptors (Lipinski definition) is 4. The molecule has 5 nitrogen and oxygen atoms in total. The molecule has 0 bridgehead atoms. The third-order valence-corrected chi connectivity index (χ3v) is 5.76. The van der Waals surface area contributed by atoms with E-state index in [2.05, 4.69) is 26.9 Å². The van der Waals surface area contributed by atoms with E-state index >= 15 is 0 Å². The number of anilines is 2. The lowest BCUT2D eigenvalue weighted by Gasteiger charge is -2.39. The maximum Gasteiger partial charge on any atom is 0.244 e. The Morgan fingerprint density at radius 3 is 2.62 bits per heavy atom. The monoisotopic (exact) mass is 370 g/mol. The zero-order valence-corrected chi connectivity index (χ0v) is 15.7. The smallest absolute Gasteiger partial charge is 0.244 e. The molecule has 136 valence electrons. The van der Waals surface area contributed by atoms with E-state index in [4.69, 9.17) is 11.6 Å². The second kappa shape index (κ2) is 7.25. The summed E-state index contributed by atoms with van der Waals surface area (Å²) in [4.78, 5) is 23.6. The molecular formula is C20H23ClN4O. The van der Waals surface area contributed by atoms with Crippen LogP contribution in [0.5, 0.6) is 0 Å². The molecule has 0 aliphatic carbocycles. The van der Waals surface area contributed by atoms with Gasteiger partial charge in [-0.15, -0.1) is 0 Å². The highest BCUT2D eigenvalue weighted by molar-refractivity contribution is 6.33. The number of pyridine rings is 1. The van der Waals surface area contributed by atoms with Crippen LogP contribution in [0, 0.1) is 0 Å². The topological polar surface area (TPSA) is 39.7 Å². The molecule has 2 aromatic rings. The fourth-order valence-electron chi connectivity index (χ4n) is 3.92. The van der Waals surface area contributed by atoms with Crippen molar-refractivity contribution in [2.75, 3.05) is 42.5 Å². The molecule has 0 spiro atoms. The number of fused-ring (bicyclic) bond motifs is 1. The standard InChI is InChI=1S/C20H23ClN4O/c1-15(20(26)25-9-7-16-4-2-3-5-18(16)25)23-10-12-24(13-11-23)19-6-8-22-14-17(19)21/h2-6,8,14-15H,7,9-13H2,1H3/t15-/m1/s1. The highest BCUT2D eigenvalue weighted by Crippen LogP contribution is 2.29. The normalized spacial score (nSPS) is 18.7. The quantitative estimate of drug-likeness (QED) is 0.833. The first-order chi connectivity index (χ1) is 12.6. The van der Waals surface area contributed by atoms with Crippen LogP contribution >= 0.6 is 11.6 Å². The van der Waals surface area contributed by atoms with E-state index in [0.29, 0.717) is 5.02 Å². The number of para-hydroxylation sites is 1. The fraction of sp³-hybridized carbons (Fsp3) is 0.400. The first-order valence-electron chi connectivity index (χ1n) is 9.13. The number of benzene rings is 1. The van der Waals surface area contributed by atoms with E-state index in [1.54, 1.807) is 12.4 Å². The number of carbonyl (C=O) groups is 1. The van der Waals surface area contributed by atoms with E-state index < -0.39 is 0 Å². The van der Waals surface area contributed by atoms with Crippen LogP contribution in [0.3, 0.4) is 0 Å². The number of amides is 1. The lowest BCUT2D eigenvalue weighted by Crippen LogP contribution is -2.54. The summed E-state index contributed by atoms with van der Waals surface area (Å²) in [5.74, 6) is 0.199. The molecule has 3 heterocycles. The highest BCUT2D eigenvalue weighted by atomic mass is 35.5. The highest BCUT2D eigenvalue weighted by Gasteiger charge is 2.32. The summed E-state index contributed by atoms with van der Waals surface area (Å²) in [7, 11) is 0. The molecule has 1 saturated heterocycles. The van der Waals surface area contributed by atoms with Crippen LogP contribution in [0.2, 0.25) is 5.02 Å². The molecule has 0 radical (unpaired) electrons. The molecule has 4 rings (SSSR count). The molecule has 6 heteroatoms. The summed E-state index contributed by atoms with van der Waals surface area (Å²) in [5.41, 5.74) is 3.37. The SMILES string of the molecule is C[C@H](C(=O)N1CCc2ccccc21)N1CCN(c2ccncc2Cl)CC1. The Kier molecular flexibility index (Phi) is 4.83. The first-order valence-corrected chi connectivity index (χ1v) is 9.51. The van der Waals surface area contributed by atoms with Crippen molar-refractivity contribution in [2.45, 2.75) is 19.4 Å². The number of nitrogens with zero attached hydrogens (tertiary/aromatic N) is 4. The van der Waals surface area contributed by atoms with E-state index in [-0.39, 0.29) is 11.9 Å². The number of carbonyl (C=O) groups excluding carboxylic acids is 1. The molecule has 1 atom stereocenters. The molecule has 1 aromatic carbocycles. The lowest BCUT2D eigenvalue weighted by molar-refractivity contribution is -0.123. The van der Waals surface area contributed by atoms with Crippen molar-refractivity contribution < 1.29 is 4.79 Å². The number of rotatable bonds is 3. The van der Waals surface area contributed by atoms with Gasteiger partial charge in [-0.2, -0.15) is 0 Å². The fourth-order valence-corrected chi connectivity index (χ4v) is 4.16. The average molecular weight is 371 g/mol. The molecule has 1 amide bonds. The van der Waals surface area contributed by atoms with Crippen molar-refractivity contribution in [3.8, 4) is 0 Å². The largest absolute Gasteiger partial charge is 0.368 e. The maximum atomic E-state index is 13.1. The van der Waals surface area contributed by atoms with Gasteiger partial charge in [0.05, 0.1) is 16.8 Å². The van der Waals surface area contributed by atoms with E-state index in [9.17, 15) is 4.79 Å². The summed E-state index contributed by atoms with van der Waals surface area (Å²) in [6.45, 7) is 6.23. The van der Waals surface area contributed by atoms with Crippen molar-refractivity contribution in [3.63, 3.8) is 0 Å². The van der Waals surface area contributed by atoms with Crippen LogP contribution in [0.4, 0.5) is 11.4 Å². The first kappa shape index (κ1) is 17.3. The minimum atomic E-state index is -0.115. The van der Waals surface area contributed by atoms with Gasteiger partial charge in [-0.25, -0.2) is 0 Å². The lowest BCUT2D eigenvalue weighted by atomic mass is 10.1. The molecule has 0 unspecified atom stereocenters. The Morgan fingerprint density at radius 1 is 1.08 bits per heavy atom. The minimum Gasteiger partial charge on any atom is -0.368 e. The molecule has 1 aromatic heterocycles. The zero-order valence-electron chi connectivity index (χ0n) is 14.9. The predicted molar refractivity (Wildman–Crippen MR) is 105 cm³/mol. The third-order valence-electron chi connectivity index (χ3n) is 5.46. The maximum absolute atomic E-state index is 13.1. The molecular weight excluding hydrogens is 348 g/mol. The van der Waals surface area contributed by atoms with Gasteiger partial charge in [-0.1, -0.05) is 29.8 Å². The van der Waals surface area contributed by atoms with Crippen LogP contribution in [-0.4, -0.2) is 54.6 Å². The zero-order chi connectivity index (χ0) is 18.1. The second-order valence-corrected chi connectivity index (χ2v) is 7.30. The second-order valence-electron chi connectivity index (χ2n) is 6.89. The molecule has 2 aliphatic heterocycles. The van der Waals surface area contributed by atoms with Gasteiger partial charge in [0, 0.05) is 50.8 Å².